The van der Waals surface area contributed by atoms with Crippen molar-refractivity contribution in [2.75, 3.05) is 0 Å². The van der Waals surface area contributed by atoms with Crippen molar-refractivity contribution in [2.24, 2.45) is 0 Å². The van der Waals surface area contributed by atoms with Gasteiger partial charge in [0.2, 0.25) is 0 Å². The summed E-state index contributed by atoms with van der Waals surface area (Å²) in [6.45, 7) is 3.74. The summed E-state index contributed by atoms with van der Waals surface area (Å²) in [5.74, 6) is 0.499. The average Bonchev–Trinajstić information content (AvgIpc) is 2.27. The highest BCUT2D eigenvalue weighted by molar-refractivity contribution is 9.10. The fourth-order valence-corrected chi connectivity index (χ4v) is 1.78. The fraction of sp³-hybridized carbons (Fsp3) is 0.300. The zero-order valence-electron chi connectivity index (χ0n) is 7.43. The summed E-state index contributed by atoms with van der Waals surface area (Å²) in [5, 5.41) is 0. The number of hydrogen-bond donors (Lipinski definition) is 0. The van der Waals surface area contributed by atoms with Gasteiger partial charge < -0.3 is 4.74 Å². The summed E-state index contributed by atoms with van der Waals surface area (Å²) in [7, 11) is 0. The SMILES string of the molecule is CC1(C)C(=O)Oc2ccc(Br)cc21. The molecule has 1 aliphatic rings. The van der Waals surface area contributed by atoms with Gasteiger partial charge in [-0.1, -0.05) is 15.9 Å². The molecular weight excluding hydrogens is 232 g/mol. The quantitative estimate of drug-likeness (QED) is 0.515. The molecule has 0 aliphatic carbocycles. The van der Waals surface area contributed by atoms with Gasteiger partial charge in [-0.05, 0) is 32.0 Å². The van der Waals surface area contributed by atoms with Crippen molar-refractivity contribution < 1.29 is 9.53 Å². The van der Waals surface area contributed by atoms with Crippen molar-refractivity contribution in [1.29, 1.82) is 0 Å². The molecule has 1 aliphatic heterocycles. The monoisotopic (exact) mass is 240 g/mol. The molecule has 13 heavy (non-hydrogen) atoms. The van der Waals surface area contributed by atoms with E-state index in [-0.39, 0.29) is 5.97 Å². The van der Waals surface area contributed by atoms with Crippen molar-refractivity contribution in [2.45, 2.75) is 19.3 Å². The summed E-state index contributed by atoms with van der Waals surface area (Å²) in [6, 6.07) is 5.61. The van der Waals surface area contributed by atoms with E-state index < -0.39 is 5.41 Å². The Morgan fingerprint density at radius 1 is 1.38 bits per heavy atom. The number of hydrogen-bond acceptors (Lipinski definition) is 2. The molecule has 0 N–H and O–H groups in total. The lowest BCUT2D eigenvalue weighted by molar-refractivity contribution is -0.137. The number of rotatable bonds is 0. The highest BCUT2D eigenvalue weighted by Gasteiger charge is 2.40. The first kappa shape index (κ1) is 8.75. The van der Waals surface area contributed by atoms with Crippen molar-refractivity contribution in [1.82, 2.24) is 0 Å². The zero-order valence-corrected chi connectivity index (χ0v) is 9.01. The van der Waals surface area contributed by atoms with E-state index in [0.29, 0.717) is 5.75 Å². The predicted molar refractivity (Wildman–Crippen MR) is 52.8 cm³/mol. The molecule has 2 nitrogen and oxygen atoms in total. The Morgan fingerprint density at radius 3 is 2.77 bits per heavy atom. The summed E-state index contributed by atoms with van der Waals surface area (Å²) in [6.07, 6.45) is 0. The van der Waals surface area contributed by atoms with Crippen LogP contribution in [-0.4, -0.2) is 5.97 Å². The largest absolute Gasteiger partial charge is 0.426 e. The van der Waals surface area contributed by atoms with E-state index in [0.717, 1.165) is 10.0 Å². The Morgan fingerprint density at radius 2 is 2.08 bits per heavy atom. The molecule has 1 heterocycles. The van der Waals surface area contributed by atoms with E-state index in [9.17, 15) is 4.79 Å². The van der Waals surface area contributed by atoms with Gasteiger partial charge in [-0.2, -0.15) is 0 Å². The van der Waals surface area contributed by atoms with Crippen molar-refractivity contribution in [3.8, 4) is 5.75 Å². The summed E-state index contributed by atoms with van der Waals surface area (Å²) >= 11 is 3.37. The number of benzene rings is 1. The number of carbonyl (C=O) groups is 1. The molecule has 0 aromatic heterocycles. The van der Waals surface area contributed by atoms with Crippen LogP contribution in [0.3, 0.4) is 0 Å². The van der Waals surface area contributed by atoms with E-state index in [1.54, 1.807) is 0 Å². The minimum Gasteiger partial charge on any atom is -0.426 e. The summed E-state index contributed by atoms with van der Waals surface area (Å²) in [5.41, 5.74) is 0.436. The maximum absolute atomic E-state index is 11.4. The van der Waals surface area contributed by atoms with E-state index in [1.807, 2.05) is 32.0 Å². The summed E-state index contributed by atoms with van der Waals surface area (Å²) in [4.78, 5) is 11.4. The number of fused-ring (bicyclic) bond motifs is 1. The third kappa shape index (κ3) is 1.18. The van der Waals surface area contributed by atoms with Gasteiger partial charge in [0.1, 0.15) is 5.75 Å². The van der Waals surface area contributed by atoms with Gasteiger partial charge in [0.25, 0.3) is 0 Å². The molecule has 0 saturated carbocycles. The molecule has 0 atom stereocenters. The highest BCUT2D eigenvalue weighted by Crippen LogP contribution is 2.40. The maximum Gasteiger partial charge on any atom is 0.321 e. The highest BCUT2D eigenvalue weighted by atomic mass is 79.9. The molecular formula is C10H9BrO2. The Balaban J connectivity index is 2.64. The molecule has 68 valence electrons. The van der Waals surface area contributed by atoms with Gasteiger partial charge in [-0.25, -0.2) is 0 Å². The number of halogens is 1. The van der Waals surface area contributed by atoms with Gasteiger partial charge >= 0.3 is 5.97 Å². The Bertz CT molecular complexity index is 383. The van der Waals surface area contributed by atoms with Crippen LogP contribution in [0.1, 0.15) is 19.4 Å². The van der Waals surface area contributed by atoms with Gasteiger partial charge in [0.15, 0.2) is 0 Å². The van der Waals surface area contributed by atoms with Crippen LogP contribution in [0, 0.1) is 0 Å². The van der Waals surface area contributed by atoms with Crippen LogP contribution in [-0.2, 0) is 10.2 Å². The molecule has 0 fully saturated rings. The maximum atomic E-state index is 11.4. The number of carbonyl (C=O) groups excluding carboxylic acids is 1. The molecule has 0 unspecified atom stereocenters. The molecule has 1 aromatic rings. The molecule has 0 spiro atoms. The van der Waals surface area contributed by atoms with Crippen LogP contribution in [0.2, 0.25) is 0 Å². The standard InChI is InChI=1S/C10H9BrO2/c1-10(2)7-5-6(11)3-4-8(7)13-9(10)12/h3-5H,1-2H3. The van der Waals surface area contributed by atoms with Crippen molar-refractivity contribution in [3.63, 3.8) is 0 Å². The topological polar surface area (TPSA) is 26.3 Å². The number of esters is 1. The first-order valence-corrected chi connectivity index (χ1v) is 4.83. The van der Waals surface area contributed by atoms with E-state index in [2.05, 4.69) is 15.9 Å². The van der Waals surface area contributed by atoms with E-state index >= 15 is 0 Å². The van der Waals surface area contributed by atoms with Crippen LogP contribution in [0.15, 0.2) is 22.7 Å². The van der Waals surface area contributed by atoms with Crippen LogP contribution in [0.25, 0.3) is 0 Å². The normalized spacial score (nSPS) is 18.2. The molecule has 0 amide bonds. The van der Waals surface area contributed by atoms with Crippen LogP contribution in [0.4, 0.5) is 0 Å². The van der Waals surface area contributed by atoms with Gasteiger partial charge in [-0.3, -0.25) is 4.79 Å². The smallest absolute Gasteiger partial charge is 0.321 e. The molecule has 3 heteroatoms. The molecule has 0 radical (unpaired) electrons. The first-order chi connectivity index (χ1) is 6.01. The zero-order chi connectivity index (χ0) is 9.64. The molecule has 1 aromatic carbocycles. The molecule has 0 bridgehead atoms. The van der Waals surface area contributed by atoms with Crippen LogP contribution >= 0.6 is 15.9 Å². The third-order valence-electron chi connectivity index (χ3n) is 2.33. The minimum absolute atomic E-state index is 0.180. The molecule has 0 saturated heterocycles. The van der Waals surface area contributed by atoms with Crippen LogP contribution in [0.5, 0.6) is 5.75 Å². The number of ether oxygens (including phenoxy) is 1. The lowest BCUT2D eigenvalue weighted by Crippen LogP contribution is -2.25. The van der Waals surface area contributed by atoms with Gasteiger partial charge in [0.05, 0.1) is 5.41 Å². The average molecular weight is 241 g/mol. The Labute approximate surface area is 85.0 Å². The van der Waals surface area contributed by atoms with E-state index in [1.165, 1.54) is 0 Å². The second kappa shape index (κ2) is 2.58. The van der Waals surface area contributed by atoms with Gasteiger partial charge in [-0.15, -0.1) is 0 Å². The minimum atomic E-state index is -0.515. The predicted octanol–water partition coefficient (Wildman–Crippen LogP) is 2.65. The van der Waals surface area contributed by atoms with Crippen LogP contribution < -0.4 is 4.74 Å². The van der Waals surface area contributed by atoms with E-state index in [4.69, 9.17) is 4.74 Å². The fourth-order valence-electron chi connectivity index (χ4n) is 1.42. The first-order valence-electron chi connectivity index (χ1n) is 4.04. The lowest BCUT2D eigenvalue weighted by Gasteiger charge is -2.12. The summed E-state index contributed by atoms with van der Waals surface area (Å²) < 4.78 is 6.09. The third-order valence-corrected chi connectivity index (χ3v) is 2.82. The second-order valence-electron chi connectivity index (χ2n) is 3.66. The van der Waals surface area contributed by atoms with Crippen molar-refractivity contribution in [3.05, 3.63) is 28.2 Å². The van der Waals surface area contributed by atoms with Crippen molar-refractivity contribution >= 4 is 21.9 Å². The molecule has 2 rings (SSSR count). The van der Waals surface area contributed by atoms with Gasteiger partial charge in [0, 0.05) is 10.0 Å². The second-order valence-corrected chi connectivity index (χ2v) is 4.57. The Hall–Kier alpha value is -0.830. The Kier molecular flexibility index (Phi) is 1.74. The lowest BCUT2D eigenvalue weighted by atomic mass is 9.86.